The fourth-order valence-electron chi connectivity index (χ4n) is 2.88. The van der Waals surface area contributed by atoms with Gasteiger partial charge in [0.2, 0.25) is 0 Å². The third-order valence-electron chi connectivity index (χ3n) is 4.10. The summed E-state index contributed by atoms with van der Waals surface area (Å²) in [5.74, 6) is 0.751. The van der Waals surface area contributed by atoms with Gasteiger partial charge in [-0.05, 0) is 41.0 Å². The minimum absolute atomic E-state index is 0.0439. The van der Waals surface area contributed by atoms with Gasteiger partial charge in [0.25, 0.3) is 0 Å². The number of rotatable bonds is 4. The summed E-state index contributed by atoms with van der Waals surface area (Å²) in [5, 5.41) is 14.9. The maximum atomic E-state index is 12.4. The van der Waals surface area contributed by atoms with Gasteiger partial charge < -0.3 is 10.2 Å². The number of benzene rings is 1. The Bertz CT molecular complexity index is 671. The number of amides is 2. The fourth-order valence-corrected chi connectivity index (χ4v) is 3.01. The highest BCUT2D eigenvalue weighted by molar-refractivity contribution is 6.30. The van der Waals surface area contributed by atoms with E-state index in [0.29, 0.717) is 18.0 Å². The van der Waals surface area contributed by atoms with Gasteiger partial charge >= 0.3 is 6.03 Å². The second-order valence-corrected chi connectivity index (χ2v) is 6.04. The molecule has 1 aromatic carbocycles. The van der Waals surface area contributed by atoms with Crippen LogP contribution in [0, 0.1) is 0 Å². The molecule has 1 saturated heterocycles. The van der Waals surface area contributed by atoms with Crippen molar-refractivity contribution in [2.45, 2.75) is 25.3 Å². The Morgan fingerprint density at radius 3 is 2.87 bits per heavy atom. The number of aromatic nitrogens is 4. The van der Waals surface area contributed by atoms with Crippen LogP contribution >= 0.6 is 11.6 Å². The highest BCUT2D eigenvalue weighted by Crippen LogP contribution is 2.32. The lowest BCUT2D eigenvalue weighted by Crippen LogP contribution is -2.40. The molecule has 2 aromatic rings. The molecule has 23 heavy (non-hydrogen) atoms. The first-order valence-electron chi connectivity index (χ1n) is 7.66. The number of carbonyl (C=O) groups is 1. The van der Waals surface area contributed by atoms with Crippen LogP contribution in [0.2, 0.25) is 5.02 Å². The minimum atomic E-state index is -0.0439. The van der Waals surface area contributed by atoms with Gasteiger partial charge in [-0.25, -0.2) is 9.48 Å². The van der Waals surface area contributed by atoms with Gasteiger partial charge in [-0.1, -0.05) is 23.7 Å². The van der Waals surface area contributed by atoms with E-state index < -0.39 is 0 Å². The molecule has 0 aliphatic carbocycles. The van der Waals surface area contributed by atoms with E-state index in [1.165, 1.54) is 0 Å². The third kappa shape index (κ3) is 3.61. The lowest BCUT2D eigenvalue weighted by atomic mass is 10.1. The number of nitrogens with zero attached hydrogens (tertiary/aromatic N) is 5. The number of likely N-dealkylation sites (tertiary alicyclic amines) is 1. The molecule has 7 nitrogen and oxygen atoms in total. The molecule has 122 valence electrons. The standard InChI is InChI=1S/C15H19ClN6O/c1-21-14(18-19-20-21)8-9-17-15(23)22-10-2-3-13(22)11-4-6-12(16)7-5-11/h4-7,13H,2-3,8-10H2,1H3,(H,17,23). The summed E-state index contributed by atoms with van der Waals surface area (Å²) in [5.41, 5.74) is 1.12. The van der Waals surface area contributed by atoms with E-state index in [0.717, 1.165) is 30.8 Å². The summed E-state index contributed by atoms with van der Waals surface area (Å²) in [6.45, 7) is 1.28. The van der Waals surface area contributed by atoms with E-state index in [-0.39, 0.29) is 12.1 Å². The summed E-state index contributed by atoms with van der Waals surface area (Å²) in [4.78, 5) is 14.3. The van der Waals surface area contributed by atoms with Crippen molar-refractivity contribution >= 4 is 17.6 Å². The Labute approximate surface area is 139 Å². The van der Waals surface area contributed by atoms with Crippen LogP contribution < -0.4 is 5.32 Å². The second kappa shape index (κ2) is 6.95. The Hall–Kier alpha value is -2.15. The SMILES string of the molecule is Cn1nnnc1CCNC(=O)N1CCCC1c1ccc(Cl)cc1. The molecule has 8 heteroatoms. The summed E-state index contributed by atoms with van der Waals surface area (Å²) in [6.07, 6.45) is 2.59. The average Bonchev–Trinajstić information content (AvgIpc) is 3.17. The van der Waals surface area contributed by atoms with Crippen molar-refractivity contribution in [3.05, 3.63) is 40.7 Å². The van der Waals surface area contributed by atoms with E-state index in [1.807, 2.05) is 29.2 Å². The van der Waals surface area contributed by atoms with Crippen LogP contribution in [0.3, 0.4) is 0 Å². The Balaban J connectivity index is 1.57. The third-order valence-corrected chi connectivity index (χ3v) is 4.35. The predicted octanol–water partition coefficient (Wildman–Crippen LogP) is 1.95. The van der Waals surface area contributed by atoms with E-state index in [2.05, 4.69) is 20.8 Å². The zero-order valence-corrected chi connectivity index (χ0v) is 13.7. The van der Waals surface area contributed by atoms with E-state index in [1.54, 1.807) is 11.7 Å². The molecule has 1 aliphatic rings. The van der Waals surface area contributed by atoms with Crippen LogP contribution in [0.1, 0.15) is 30.3 Å². The van der Waals surface area contributed by atoms with E-state index in [4.69, 9.17) is 11.6 Å². The normalized spacial score (nSPS) is 17.5. The van der Waals surface area contributed by atoms with Crippen molar-refractivity contribution in [1.82, 2.24) is 30.4 Å². The van der Waals surface area contributed by atoms with Crippen LogP contribution in [0.4, 0.5) is 4.79 Å². The first-order chi connectivity index (χ1) is 11.1. The van der Waals surface area contributed by atoms with Crippen LogP contribution in [-0.4, -0.2) is 44.2 Å². The number of halogens is 1. The summed E-state index contributed by atoms with van der Waals surface area (Å²) in [7, 11) is 1.79. The zero-order valence-electron chi connectivity index (χ0n) is 12.9. The van der Waals surface area contributed by atoms with E-state index in [9.17, 15) is 4.79 Å². The van der Waals surface area contributed by atoms with Crippen LogP contribution in [0.15, 0.2) is 24.3 Å². The van der Waals surface area contributed by atoms with Crippen molar-refractivity contribution in [1.29, 1.82) is 0 Å². The summed E-state index contributed by atoms with van der Waals surface area (Å²) in [6, 6.07) is 7.79. The maximum Gasteiger partial charge on any atom is 0.317 e. The van der Waals surface area contributed by atoms with Crippen LogP contribution in [0.5, 0.6) is 0 Å². The minimum Gasteiger partial charge on any atom is -0.338 e. The molecule has 1 fully saturated rings. The van der Waals surface area contributed by atoms with Gasteiger partial charge in [-0.2, -0.15) is 0 Å². The molecule has 1 atom stereocenters. The number of tetrazole rings is 1. The fraction of sp³-hybridized carbons (Fsp3) is 0.467. The largest absolute Gasteiger partial charge is 0.338 e. The quantitative estimate of drug-likeness (QED) is 0.927. The predicted molar refractivity (Wildman–Crippen MR) is 86.0 cm³/mol. The molecular weight excluding hydrogens is 316 g/mol. The molecule has 1 unspecified atom stereocenters. The van der Waals surface area contributed by atoms with Gasteiger partial charge in [0.1, 0.15) is 0 Å². The maximum absolute atomic E-state index is 12.4. The molecular formula is C15H19ClN6O. The number of hydrogen-bond donors (Lipinski definition) is 1. The first-order valence-corrected chi connectivity index (χ1v) is 8.04. The molecule has 3 rings (SSSR count). The number of hydrogen-bond acceptors (Lipinski definition) is 4. The van der Waals surface area contributed by atoms with Crippen molar-refractivity contribution in [3.8, 4) is 0 Å². The molecule has 0 spiro atoms. The summed E-state index contributed by atoms with van der Waals surface area (Å²) < 4.78 is 1.61. The molecule has 2 heterocycles. The van der Waals surface area contributed by atoms with Gasteiger partial charge in [0.05, 0.1) is 6.04 Å². The second-order valence-electron chi connectivity index (χ2n) is 5.60. The number of aryl methyl sites for hydroxylation is 1. The van der Waals surface area contributed by atoms with Crippen molar-refractivity contribution in [3.63, 3.8) is 0 Å². The zero-order chi connectivity index (χ0) is 16.2. The smallest absolute Gasteiger partial charge is 0.317 e. The monoisotopic (exact) mass is 334 g/mol. The first kappa shape index (κ1) is 15.7. The number of carbonyl (C=O) groups excluding carboxylic acids is 1. The molecule has 1 aliphatic heterocycles. The topological polar surface area (TPSA) is 75.9 Å². The molecule has 0 radical (unpaired) electrons. The number of nitrogens with one attached hydrogen (secondary N) is 1. The van der Waals surface area contributed by atoms with Gasteiger partial charge in [0, 0.05) is 31.6 Å². The lowest BCUT2D eigenvalue weighted by Gasteiger charge is -2.25. The Morgan fingerprint density at radius 2 is 2.17 bits per heavy atom. The van der Waals surface area contributed by atoms with Gasteiger partial charge in [0.15, 0.2) is 5.82 Å². The molecule has 2 amide bonds. The highest BCUT2D eigenvalue weighted by atomic mass is 35.5. The van der Waals surface area contributed by atoms with Crippen molar-refractivity contribution in [2.24, 2.45) is 7.05 Å². The number of urea groups is 1. The molecule has 0 saturated carbocycles. The van der Waals surface area contributed by atoms with Crippen LogP contribution in [-0.2, 0) is 13.5 Å². The molecule has 1 N–H and O–H groups in total. The Morgan fingerprint density at radius 1 is 1.39 bits per heavy atom. The summed E-state index contributed by atoms with van der Waals surface area (Å²) >= 11 is 5.94. The molecule has 0 bridgehead atoms. The van der Waals surface area contributed by atoms with Gasteiger partial charge in [-0.3, -0.25) is 0 Å². The molecule has 1 aromatic heterocycles. The highest BCUT2D eigenvalue weighted by Gasteiger charge is 2.29. The van der Waals surface area contributed by atoms with Crippen LogP contribution in [0.25, 0.3) is 0 Å². The van der Waals surface area contributed by atoms with Crippen molar-refractivity contribution in [2.75, 3.05) is 13.1 Å². The van der Waals surface area contributed by atoms with Gasteiger partial charge in [-0.15, -0.1) is 5.10 Å². The average molecular weight is 335 g/mol. The van der Waals surface area contributed by atoms with Crippen molar-refractivity contribution < 1.29 is 4.79 Å². The van der Waals surface area contributed by atoms with E-state index >= 15 is 0 Å². The Kier molecular flexibility index (Phi) is 4.76. The lowest BCUT2D eigenvalue weighted by molar-refractivity contribution is 0.193.